The van der Waals surface area contributed by atoms with E-state index in [0.29, 0.717) is 11.3 Å². The van der Waals surface area contributed by atoms with Crippen molar-refractivity contribution >= 4 is 29.7 Å². The summed E-state index contributed by atoms with van der Waals surface area (Å²) >= 11 is 0. The Morgan fingerprint density at radius 3 is 2.60 bits per heavy atom. The summed E-state index contributed by atoms with van der Waals surface area (Å²) in [6.45, 7) is 0. The number of aromatic nitrogens is 2. The molecule has 0 bridgehead atoms. The molecule has 0 N–H and O–H groups in total. The summed E-state index contributed by atoms with van der Waals surface area (Å²) < 4.78 is 7.12. The summed E-state index contributed by atoms with van der Waals surface area (Å²) in [5.74, 6) is 0.542. The van der Waals surface area contributed by atoms with Crippen molar-refractivity contribution in [1.29, 1.82) is 0 Å². The van der Waals surface area contributed by atoms with Gasteiger partial charge in [0.05, 0.1) is 23.7 Å². The molecule has 102 valence electrons. The number of carbonyl (C=O) groups excluding carboxylic acids is 1. The van der Waals surface area contributed by atoms with Crippen LogP contribution in [0.3, 0.4) is 0 Å². The van der Waals surface area contributed by atoms with Crippen molar-refractivity contribution in [2.45, 2.75) is 0 Å². The van der Waals surface area contributed by atoms with E-state index in [9.17, 15) is 4.79 Å². The van der Waals surface area contributed by atoms with Crippen LogP contribution in [0.4, 0.5) is 0 Å². The van der Waals surface area contributed by atoms with Crippen LogP contribution in [0, 0.1) is 0 Å². The topological polar surface area (TPSA) is 44.1 Å². The molecule has 20 heavy (non-hydrogen) atoms. The molecule has 0 atom stereocenters. The summed E-state index contributed by atoms with van der Waals surface area (Å²) in [4.78, 5) is 15.4. The highest BCUT2D eigenvalue weighted by Gasteiger charge is 2.10. The maximum absolute atomic E-state index is 11.1. The number of benzene rings is 2. The Labute approximate surface area is 122 Å². The maximum atomic E-state index is 11.1. The largest absolute Gasteiger partial charge is 0.496 e. The van der Waals surface area contributed by atoms with Crippen LogP contribution in [0.5, 0.6) is 5.75 Å². The van der Waals surface area contributed by atoms with Crippen LogP contribution in [-0.2, 0) is 0 Å². The molecule has 0 radical (unpaired) electrons. The van der Waals surface area contributed by atoms with Crippen LogP contribution in [0.2, 0.25) is 0 Å². The highest BCUT2D eigenvalue weighted by Crippen LogP contribution is 2.25. The molecule has 0 aliphatic carbocycles. The average Bonchev–Trinajstić information content (AvgIpc) is 2.89. The molecule has 0 saturated carbocycles. The molecule has 1 heterocycles. The van der Waals surface area contributed by atoms with E-state index < -0.39 is 0 Å². The van der Waals surface area contributed by atoms with Gasteiger partial charge in [0.15, 0.2) is 6.29 Å². The number of halogens is 1. The van der Waals surface area contributed by atoms with Crippen LogP contribution in [0.1, 0.15) is 10.4 Å². The lowest BCUT2D eigenvalue weighted by molar-refractivity contribution is 0.112. The zero-order valence-electron chi connectivity index (χ0n) is 10.8. The summed E-state index contributed by atoms with van der Waals surface area (Å²) in [6.07, 6.45) is 2.54. The lowest BCUT2D eigenvalue weighted by atomic mass is 10.2. The molecule has 5 heteroatoms. The smallest absolute Gasteiger partial charge is 0.153 e. The van der Waals surface area contributed by atoms with E-state index in [-0.39, 0.29) is 12.4 Å². The Morgan fingerprint density at radius 1 is 1.20 bits per heavy atom. The van der Waals surface area contributed by atoms with Gasteiger partial charge in [-0.3, -0.25) is 9.36 Å². The Hall–Kier alpha value is -2.33. The summed E-state index contributed by atoms with van der Waals surface area (Å²) in [7, 11) is 1.54. The number of methoxy groups -OCH3 is 1. The van der Waals surface area contributed by atoms with Crippen LogP contribution < -0.4 is 4.74 Å². The molecule has 0 amide bonds. The van der Waals surface area contributed by atoms with Crippen molar-refractivity contribution in [3.63, 3.8) is 0 Å². The predicted molar refractivity (Wildman–Crippen MR) is 80.3 cm³/mol. The minimum Gasteiger partial charge on any atom is -0.496 e. The Morgan fingerprint density at radius 2 is 1.95 bits per heavy atom. The van der Waals surface area contributed by atoms with Crippen LogP contribution in [0.25, 0.3) is 16.7 Å². The molecule has 4 nitrogen and oxygen atoms in total. The Kier molecular flexibility index (Phi) is 4.05. The van der Waals surface area contributed by atoms with Crippen molar-refractivity contribution in [3.8, 4) is 11.4 Å². The molecular formula is C15H13ClN2O2. The first kappa shape index (κ1) is 14.1. The van der Waals surface area contributed by atoms with Gasteiger partial charge >= 0.3 is 0 Å². The first-order valence-corrected chi connectivity index (χ1v) is 5.89. The first-order chi connectivity index (χ1) is 9.33. The molecule has 0 saturated heterocycles. The second kappa shape index (κ2) is 5.75. The predicted octanol–water partition coefficient (Wildman–Crippen LogP) is 3.27. The van der Waals surface area contributed by atoms with Crippen LogP contribution in [0.15, 0.2) is 48.8 Å². The van der Waals surface area contributed by atoms with Crippen molar-refractivity contribution in [2.24, 2.45) is 0 Å². The third kappa shape index (κ3) is 2.26. The maximum Gasteiger partial charge on any atom is 0.153 e. The van der Waals surface area contributed by atoms with Gasteiger partial charge in [-0.1, -0.05) is 18.2 Å². The number of hydrogen-bond donors (Lipinski definition) is 0. The molecular weight excluding hydrogens is 276 g/mol. The number of hydrogen-bond acceptors (Lipinski definition) is 3. The summed E-state index contributed by atoms with van der Waals surface area (Å²) in [5.41, 5.74) is 3.21. The van der Waals surface area contributed by atoms with Gasteiger partial charge in [0.2, 0.25) is 0 Å². The fourth-order valence-electron chi connectivity index (χ4n) is 2.12. The van der Waals surface area contributed by atoms with Gasteiger partial charge in [-0.15, -0.1) is 12.4 Å². The molecule has 3 aromatic rings. The van der Waals surface area contributed by atoms with E-state index in [1.165, 1.54) is 0 Å². The van der Waals surface area contributed by atoms with E-state index >= 15 is 0 Å². The molecule has 0 fully saturated rings. The number of para-hydroxylation sites is 1. The van der Waals surface area contributed by atoms with Gasteiger partial charge in [-0.2, -0.15) is 0 Å². The summed E-state index contributed by atoms with van der Waals surface area (Å²) in [6, 6.07) is 13.4. The van der Waals surface area contributed by atoms with Crippen LogP contribution in [-0.4, -0.2) is 22.9 Å². The second-order valence-electron chi connectivity index (χ2n) is 4.15. The number of ether oxygens (including phenoxy) is 1. The van der Waals surface area contributed by atoms with Crippen molar-refractivity contribution in [3.05, 3.63) is 54.4 Å². The molecule has 2 aromatic carbocycles. The Balaban J connectivity index is 0.00000147. The van der Waals surface area contributed by atoms with E-state index in [0.717, 1.165) is 23.0 Å². The average molecular weight is 289 g/mol. The highest BCUT2D eigenvalue weighted by molar-refractivity contribution is 5.89. The monoisotopic (exact) mass is 288 g/mol. The highest BCUT2D eigenvalue weighted by atomic mass is 35.5. The molecule has 0 spiro atoms. The third-order valence-electron chi connectivity index (χ3n) is 3.06. The minimum atomic E-state index is 0. The van der Waals surface area contributed by atoms with E-state index in [2.05, 4.69) is 4.98 Å². The molecule has 0 aliphatic rings. The lowest BCUT2D eigenvalue weighted by Crippen LogP contribution is -1.94. The minimum absolute atomic E-state index is 0. The number of imidazole rings is 1. The zero-order valence-corrected chi connectivity index (χ0v) is 11.6. The number of aldehydes is 1. The zero-order chi connectivity index (χ0) is 13.2. The number of rotatable bonds is 3. The van der Waals surface area contributed by atoms with Gasteiger partial charge in [0, 0.05) is 11.8 Å². The quantitative estimate of drug-likeness (QED) is 0.695. The van der Waals surface area contributed by atoms with Crippen molar-refractivity contribution < 1.29 is 9.53 Å². The second-order valence-corrected chi connectivity index (χ2v) is 4.15. The number of fused-ring (bicyclic) bond motifs is 1. The normalized spacial score (nSPS) is 10.1. The van der Waals surface area contributed by atoms with Crippen molar-refractivity contribution in [1.82, 2.24) is 9.55 Å². The van der Waals surface area contributed by atoms with E-state index in [1.807, 2.05) is 34.9 Å². The van der Waals surface area contributed by atoms with Gasteiger partial charge in [0.25, 0.3) is 0 Å². The molecule has 0 aliphatic heterocycles. The van der Waals surface area contributed by atoms with Gasteiger partial charge in [-0.25, -0.2) is 4.98 Å². The van der Waals surface area contributed by atoms with Crippen LogP contribution >= 0.6 is 12.4 Å². The standard InChI is InChI=1S/C15H12N2O2.ClH/c1-19-15-8-13-14(7-11(15)9-18)17(10-16-13)12-5-3-2-4-6-12;/h2-10H,1H3;1H. The fraction of sp³-hybridized carbons (Fsp3) is 0.0667. The number of carbonyl (C=O) groups is 1. The fourth-order valence-corrected chi connectivity index (χ4v) is 2.12. The molecule has 3 rings (SSSR count). The van der Waals surface area contributed by atoms with Crippen molar-refractivity contribution in [2.75, 3.05) is 7.11 Å². The van der Waals surface area contributed by atoms with E-state index in [4.69, 9.17) is 4.74 Å². The number of nitrogens with zero attached hydrogens (tertiary/aromatic N) is 2. The van der Waals surface area contributed by atoms with Gasteiger partial charge in [-0.05, 0) is 18.2 Å². The third-order valence-corrected chi connectivity index (χ3v) is 3.06. The Bertz CT molecular complexity index is 738. The molecule has 0 unspecified atom stereocenters. The molecule has 1 aromatic heterocycles. The summed E-state index contributed by atoms with van der Waals surface area (Å²) in [5, 5.41) is 0. The van der Waals surface area contributed by atoms with E-state index in [1.54, 1.807) is 25.6 Å². The lowest BCUT2D eigenvalue weighted by Gasteiger charge is -2.06. The SMILES string of the molecule is COc1cc2ncn(-c3ccccc3)c2cc1C=O.Cl. The van der Waals surface area contributed by atoms with Gasteiger partial charge < -0.3 is 4.74 Å². The van der Waals surface area contributed by atoms with Gasteiger partial charge in [0.1, 0.15) is 12.1 Å². The first-order valence-electron chi connectivity index (χ1n) is 5.89.